The van der Waals surface area contributed by atoms with Gasteiger partial charge in [0.25, 0.3) is 0 Å². The van der Waals surface area contributed by atoms with E-state index in [2.05, 4.69) is 10.3 Å². The first-order chi connectivity index (χ1) is 11.2. The van der Waals surface area contributed by atoms with Gasteiger partial charge in [0.15, 0.2) is 5.96 Å². The SMILES string of the molecule is COCc1ccccc1NC(N)=NCCSc1ccc(Cl)cc1.I. The Kier molecular flexibility index (Phi) is 10.2. The lowest BCUT2D eigenvalue weighted by atomic mass is 10.2. The molecule has 0 fully saturated rings. The summed E-state index contributed by atoms with van der Waals surface area (Å²) in [6.07, 6.45) is 0. The molecule has 130 valence electrons. The first-order valence-corrected chi connectivity index (χ1v) is 8.57. The highest BCUT2D eigenvalue weighted by Crippen LogP contribution is 2.20. The lowest BCUT2D eigenvalue weighted by molar-refractivity contribution is 0.185. The molecule has 0 amide bonds. The lowest BCUT2D eigenvalue weighted by Crippen LogP contribution is -2.23. The summed E-state index contributed by atoms with van der Waals surface area (Å²) in [4.78, 5) is 5.52. The Hall–Kier alpha value is -0.960. The van der Waals surface area contributed by atoms with Crippen LogP contribution in [0.15, 0.2) is 58.4 Å². The second kappa shape index (κ2) is 11.6. The number of para-hydroxylation sites is 1. The summed E-state index contributed by atoms with van der Waals surface area (Å²) >= 11 is 7.58. The Bertz CT molecular complexity index is 653. The van der Waals surface area contributed by atoms with E-state index in [1.54, 1.807) is 18.9 Å². The zero-order chi connectivity index (χ0) is 16.5. The van der Waals surface area contributed by atoms with Crippen molar-refractivity contribution < 1.29 is 4.74 Å². The van der Waals surface area contributed by atoms with Gasteiger partial charge in [0.1, 0.15) is 0 Å². The van der Waals surface area contributed by atoms with Crippen molar-refractivity contribution in [1.29, 1.82) is 0 Å². The van der Waals surface area contributed by atoms with Gasteiger partial charge >= 0.3 is 0 Å². The summed E-state index contributed by atoms with van der Waals surface area (Å²) in [6.45, 7) is 1.17. The molecule has 0 aliphatic heterocycles. The number of anilines is 1. The monoisotopic (exact) mass is 477 g/mol. The molecule has 0 saturated carbocycles. The third-order valence-electron chi connectivity index (χ3n) is 3.04. The standard InChI is InChI=1S/C17H20ClN3OS.HI/c1-22-12-13-4-2-3-5-16(13)21-17(19)20-10-11-23-15-8-6-14(18)7-9-15;/h2-9H,10-12H2,1H3,(H3,19,20,21);1H. The van der Waals surface area contributed by atoms with Crippen LogP contribution >= 0.6 is 47.3 Å². The van der Waals surface area contributed by atoms with E-state index in [0.717, 1.165) is 22.0 Å². The molecule has 0 spiro atoms. The largest absolute Gasteiger partial charge is 0.380 e. The molecule has 0 heterocycles. The first-order valence-electron chi connectivity index (χ1n) is 7.21. The Morgan fingerprint density at radius 2 is 1.92 bits per heavy atom. The quantitative estimate of drug-likeness (QED) is 0.201. The Morgan fingerprint density at radius 3 is 2.62 bits per heavy atom. The van der Waals surface area contributed by atoms with Gasteiger partial charge in [-0.1, -0.05) is 29.8 Å². The fourth-order valence-electron chi connectivity index (χ4n) is 1.96. The topological polar surface area (TPSA) is 59.6 Å². The van der Waals surface area contributed by atoms with Crippen molar-refractivity contribution in [2.24, 2.45) is 10.7 Å². The molecule has 0 aromatic heterocycles. The Labute approximate surface area is 169 Å². The summed E-state index contributed by atoms with van der Waals surface area (Å²) in [5.74, 6) is 1.26. The summed E-state index contributed by atoms with van der Waals surface area (Å²) in [5, 5.41) is 3.87. The molecule has 0 radical (unpaired) electrons. The van der Waals surface area contributed by atoms with E-state index < -0.39 is 0 Å². The maximum Gasteiger partial charge on any atom is 0.193 e. The van der Waals surface area contributed by atoms with Gasteiger partial charge in [0.05, 0.1) is 13.2 Å². The fourth-order valence-corrected chi connectivity index (χ4v) is 2.83. The highest BCUT2D eigenvalue weighted by atomic mass is 127. The number of nitrogens with zero attached hydrogens (tertiary/aromatic N) is 1. The fraction of sp³-hybridized carbons (Fsp3) is 0.235. The van der Waals surface area contributed by atoms with E-state index in [4.69, 9.17) is 22.1 Å². The maximum atomic E-state index is 5.94. The molecule has 24 heavy (non-hydrogen) atoms. The molecular weight excluding hydrogens is 457 g/mol. The molecule has 2 aromatic rings. The number of nitrogens with two attached hydrogens (primary N) is 1. The highest BCUT2D eigenvalue weighted by Gasteiger charge is 2.02. The van der Waals surface area contributed by atoms with Crippen LogP contribution in [0, 0.1) is 0 Å². The minimum atomic E-state index is 0. The van der Waals surface area contributed by atoms with Crippen LogP contribution in [-0.4, -0.2) is 25.4 Å². The van der Waals surface area contributed by atoms with E-state index in [-0.39, 0.29) is 24.0 Å². The smallest absolute Gasteiger partial charge is 0.193 e. The van der Waals surface area contributed by atoms with Crippen LogP contribution in [-0.2, 0) is 11.3 Å². The molecule has 0 bridgehead atoms. The Morgan fingerprint density at radius 1 is 1.21 bits per heavy atom. The van der Waals surface area contributed by atoms with Crippen molar-refractivity contribution in [2.45, 2.75) is 11.5 Å². The molecule has 0 atom stereocenters. The molecule has 0 aliphatic carbocycles. The van der Waals surface area contributed by atoms with E-state index in [1.807, 2.05) is 48.5 Å². The number of benzene rings is 2. The molecule has 0 saturated heterocycles. The van der Waals surface area contributed by atoms with Crippen molar-refractivity contribution in [3.8, 4) is 0 Å². The average Bonchev–Trinajstić information content (AvgIpc) is 2.55. The van der Waals surface area contributed by atoms with Crippen molar-refractivity contribution in [1.82, 2.24) is 0 Å². The third-order valence-corrected chi connectivity index (χ3v) is 4.28. The number of ether oxygens (including phenoxy) is 1. The van der Waals surface area contributed by atoms with Gasteiger partial charge in [-0.2, -0.15) is 0 Å². The van der Waals surface area contributed by atoms with E-state index in [0.29, 0.717) is 19.1 Å². The van der Waals surface area contributed by atoms with E-state index in [9.17, 15) is 0 Å². The number of hydrogen-bond donors (Lipinski definition) is 2. The number of thioether (sulfide) groups is 1. The first kappa shape index (κ1) is 21.1. The zero-order valence-electron chi connectivity index (χ0n) is 13.4. The normalized spacial score (nSPS) is 11.0. The number of guanidine groups is 1. The molecule has 3 N–H and O–H groups in total. The molecule has 2 rings (SSSR count). The van der Waals surface area contributed by atoms with Gasteiger partial charge in [-0.25, -0.2) is 0 Å². The molecule has 7 heteroatoms. The predicted octanol–water partition coefficient (Wildman–Crippen LogP) is 4.62. The number of halogens is 2. The molecule has 0 aliphatic rings. The number of rotatable bonds is 7. The summed E-state index contributed by atoms with van der Waals surface area (Å²) in [5.41, 5.74) is 7.90. The Balaban J connectivity index is 0.00000288. The number of hydrogen-bond acceptors (Lipinski definition) is 3. The predicted molar refractivity (Wildman–Crippen MR) is 115 cm³/mol. The summed E-state index contributed by atoms with van der Waals surface area (Å²) in [7, 11) is 1.67. The van der Waals surface area contributed by atoms with E-state index >= 15 is 0 Å². The van der Waals surface area contributed by atoms with Gasteiger partial charge < -0.3 is 15.8 Å². The molecular formula is C17H21ClIN3OS. The van der Waals surface area contributed by atoms with Crippen molar-refractivity contribution in [2.75, 3.05) is 24.7 Å². The van der Waals surface area contributed by atoms with Gasteiger partial charge in [-0.05, 0) is 30.3 Å². The van der Waals surface area contributed by atoms with Crippen molar-refractivity contribution in [3.05, 3.63) is 59.1 Å². The van der Waals surface area contributed by atoms with Crippen molar-refractivity contribution in [3.63, 3.8) is 0 Å². The van der Waals surface area contributed by atoms with Crippen LogP contribution in [0.3, 0.4) is 0 Å². The van der Waals surface area contributed by atoms with Crippen LogP contribution in [0.2, 0.25) is 5.02 Å². The maximum absolute atomic E-state index is 5.94. The minimum Gasteiger partial charge on any atom is -0.380 e. The van der Waals surface area contributed by atoms with Crippen LogP contribution in [0.4, 0.5) is 5.69 Å². The number of aliphatic imine (C=N–C) groups is 1. The van der Waals surface area contributed by atoms with Crippen LogP contribution < -0.4 is 11.1 Å². The summed E-state index contributed by atoms with van der Waals surface area (Å²) in [6, 6.07) is 15.6. The van der Waals surface area contributed by atoms with Crippen LogP contribution in [0.1, 0.15) is 5.56 Å². The minimum absolute atomic E-state index is 0. The third kappa shape index (κ3) is 7.29. The lowest BCUT2D eigenvalue weighted by Gasteiger charge is -2.10. The molecule has 0 unspecified atom stereocenters. The van der Waals surface area contributed by atoms with Crippen LogP contribution in [0.5, 0.6) is 0 Å². The van der Waals surface area contributed by atoms with Crippen molar-refractivity contribution >= 4 is 59.0 Å². The van der Waals surface area contributed by atoms with E-state index in [1.165, 1.54) is 4.90 Å². The average molecular weight is 478 g/mol. The van der Waals surface area contributed by atoms with Crippen LogP contribution in [0.25, 0.3) is 0 Å². The second-order valence-electron chi connectivity index (χ2n) is 4.78. The van der Waals surface area contributed by atoms with Gasteiger partial charge in [0.2, 0.25) is 0 Å². The van der Waals surface area contributed by atoms with Gasteiger partial charge in [-0.15, -0.1) is 35.7 Å². The number of methoxy groups -OCH3 is 1. The highest BCUT2D eigenvalue weighted by molar-refractivity contribution is 14.0. The second-order valence-corrected chi connectivity index (χ2v) is 6.39. The zero-order valence-corrected chi connectivity index (χ0v) is 17.3. The summed E-state index contributed by atoms with van der Waals surface area (Å²) < 4.78 is 5.17. The molecule has 2 aromatic carbocycles. The van der Waals surface area contributed by atoms with Gasteiger partial charge in [0, 0.05) is 34.0 Å². The van der Waals surface area contributed by atoms with Gasteiger partial charge in [-0.3, -0.25) is 4.99 Å². The number of nitrogens with one attached hydrogen (secondary N) is 1. The molecule has 4 nitrogen and oxygen atoms in total.